The summed E-state index contributed by atoms with van der Waals surface area (Å²) in [5.74, 6) is -2.86. The predicted octanol–water partition coefficient (Wildman–Crippen LogP) is 3.76. The molecule has 0 unspecified atom stereocenters. The first-order valence-electron chi connectivity index (χ1n) is 10.2. The van der Waals surface area contributed by atoms with Crippen LogP contribution in [0.3, 0.4) is 0 Å². The van der Waals surface area contributed by atoms with Crippen molar-refractivity contribution < 1.29 is 19.5 Å². The van der Waals surface area contributed by atoms with E-state index in [9.17, 15) is 19.5 Å². The van der Waals surface area contributed by atoms with Crippen LogP contribution >= 0.6 is 0 Å². The predicted molar refractivity (Wildman–Crippen MR) is 127 cm³/mol. The van der Waals surface area contributed by atoms with Crippen LogP contribution in [0.2, 0.25) is 0 Å². The molecule has 0 saturated carbocycles. The fraction of sp³-hybridized carbons (Fsp3) is 0.120. The van der Waals surface area contributed by atoms with Crippen LogP contribution in [-0.2, 0) is 9.59 Å². The summed E-state index contributed by atoms with van der Waals surface area (Å²) < 4.78 is 0. The first kappa shape index (κ1) is 23.2. The zero-order valence-electron chi connectivity index (χ0n) is 18.2. The van der Waals surface area contributed by atoms with Crippen molar-refractivity contribution >= 4 is 35.4 Å². The first-order chi connectivity index (χ1) is 15.8. The molecule has 3 aromatic carbocycles. The highest BCUT2D eigenvalue weighted by Gasteiger charge is 2.16. The molecule has 0 saturated heterocycles. The number of rotatable bonds is 7. The molecule has 4 N–H and O–H groups in total. The highest BCUT2D eigenvalue weighted by Crippen LogP contribution is 2.23. The molecule has 0 aliphatic heterocycles. The lowest BCUT2D eigenvalue weighted by Gasteiger charge is -2.13. The van der Waals surface area contributed by atoms with Gasteiger partial charge in [-0.3, -0.25) is 9.59 Å². The van der Waals surface area contributed by atoms with Gasteiger partial charge in [0.25, 0.3) is 0 Å². The van der Waals surface area contributed by atoms with E-state index in [0.717, 1.165) is 16.8 Å². The normalized spacial score (nSPS) is 11.6. The molecule has 2 amide bonds. The van der Waals surface area contributed by atoms with Crippen molar-refractivity contribution in [1.82, 2.24) is 10.7 Å². The van der Waals surface area contributed by atoms with Gasteiger partial charge in [0.15, 0.2) is 0 Å². The number of aryl methyl sites for hydroxylation is 1. The Bertz CT molecular complexity index is 1190. The number of carbonyl (C=O) groups excluding carboxylic acids is 2. The molecule has 0 spiro atoms. The van der Waals surface area contributed by atoms with E-state index < -0.39 is 17.8 Å². The second kappa shape index (κ2) is 10.7. The molecule has 0 radical (unpaired) electrons. The zero-order valence-corrected chi connectivity index (χ0v) is 18.2. The topological polar surface area (TPSA) is 120 Å². The number of nitrogens with zero attached hydrogens (tertiary/aromatic N) is 1. The monoisotopic (exact) mass is 444 g/mol. The van der Waals surface area contributed by atoms with Crippen LogP contribution in [0, 0.1) is 6.92 Å². The molecule has 8 nitrogen and oxygen atoms in total. The SMILES string of the molecule is Cc1ccccc1Nc1ccc(C(=O)O)cc1/C=N\NC(=O)C(=O)N[C@H](C)c1ccccc1. The molecule has 0 heterocycles. The maximum Gasteiger partial charge on any atom is 0.335 e. The van der Waals surface area contributed by atoms with Gasteiger partial charge in [0.2, 0.25) is 0 Å². The minimum atomic E-state index is -1.09. The maximum absolute atomic E-state index is 12.2. The van der Waals surface area contributed by atoms with Crippen molar-refractivity contribution in [3.8, 4) is 0 Å². The van der Waals surface area contributed by atoms with E-state index in [0.29, 0.717) is 11.3 Å². The molecule has 0 bridgehead atoms. The van der Waals surface area contributed by atoms with Crippen molar-refractivity contribution in [3.63, 3.8) is 0 Å². The summed E-state index contributed by atoms with van der Waals surface area (Å²) in [6.45, 7) is 3.71. The number of carboxylic acids is 1. The van der Waals surface area contributed by atoms with Gasteiger partial charge < -0.3 is 15.7 Å². The number of benzene rings is 3. The third-order valence-electron chi connectivity index (χ3n) is 4.94. The first-order valence-corrected chi connectivity index (χ1v) is 10.2. The Kier molecular flexibility index (Phi) is 7.54. The van der Waals surface area contributed by atoms with Gasteiger partial charge in [-0.05, 0) is 49.2 Å². The number of hydrogen-bond donors (Lipinski definition) is 4. The lowest BCUT2D eigenvalue weighted by atomic mass is 10.1. The van der Waals surface area contributed by atoms with Crippen LogP contribution < -0.4 is 16.1 Å². The van der Waals surface area contributed by atoms with E-state index in [-0.39, 0.29) is 11.6 Å². The molecule has 0 aliphatic carbocycles. The average molecular weight is 444 g/mol. The third-order valence-corrected chi connectivity index (χ3v) is 4.94. The van der Waals surface area contributed by atoms with Crippen molar-refractivity contribution in [1.29, 1.82) is 0 Å². The van der Waals surface area contributed by atoms with Gasteiger partial charge in [-0.2, -0.15) is 5.10 Å². The number of aromatic carboxylic acids is 1. The molecule has 33 heavy (non-hydrogen) atoms. The van der Waals surface area contributed by atoms with Crippen LogP contribution in [0.4, 0.5) is 11.4 Å². The molecule has 0 aliphatic rings. The lowest BCUT2D eigenvalue weighted by molar-refractivity contribution is -0.139. The van der Waals surface area contributed by atoms with Crippen molar-refractivity contribution in [3.05, 3.63) is 95.1 Å². The minimum absolute atomic E-state index is 0.0625. The number of para-hydroxylation sites is 1. The van der Waals surface area contributed by atoms with Gasteiger partial charge in [-0.15, -0.1) is 0 Å². The largest absolute Gasteiger partial charge is 0.478 e. The Balaban J connectivity index is 1.71. The summed E-state index contributed by atoms with van der Waals surface area (Å²) in [5, 5.41) is 19.0. The van der Waals surface area contributed by atoms with Crippen LogP contribution in [-0.4, -0.2) is 29.1 Å². The molecule has 0 fully saturated rings. The number of nitrogens with one attached hydrogen (secondary N) is 3. The second-order valence-electron chi connectivity index (χ2n) is 7.35. The Labute approximate surface area is 191 Å². The molecule has 3 aromatic rings. The van der Waals surface area contributed by atoms with E-state index >= 15 is 0 Å². The smallest absolute Gasteiger partial charge is 0.335 e. The number of carbonyl (C=O) groups is 3. The van der Waals surface area contributed by atoms with Crippen LogP contribution in [0.1, 0.15) is 40.0 Å². The minimum Gasteiger partial charge on any atom is -0.478 e. The highest BCUT2D eigenvalue weighted by atomic mass is 16.4. The molecule has 3 rings (SSSR count). The molecule has 168 valence electrons. The van der Waals surface area contributed by atoms with E-state index in [4.69, 9.17) is 0 Å². The Morgan fingerprint density at radius 2 is 1.61 bits per heavy atom. The van der Waals surface area contributed by atoms with Crippen LogP contribution in [0.15, 0.2) is 77.9 Å². The Morgan fingerprint density at radius 3 is 2.30 bits per heavy atom. The summed E-state index contributed by atoms with van der Waals surface area (Å²) in [6, 6.07) is 21.0. The molecule has 0 aromatic heterocycles. The summed E-state index contributed by atoms with van der Waals surface area (Å²) in [5.41, 5.74) is 5.97. The third kappa shape index (κ3) is 6.27. The van der Waals surface area contributed by atoms with Crippen LogP contribution in [0.25, 0.3) is 0 Å². The van der Waals surface area contributed by atoms with Gasteiger partial charge in [0.1, 0.15) is 0 Å². The quantitative estimate of drug-likeness (QED) is 0.251. The van der Waals surface area contributed by atoms with E-state index in [1.165, 1.54) is 18.3 Å². The molecule has 1 atom stereocenters. The van der Waals surface area contributed by atoms with Gasteiger partial charge in [0, 0.05) is 16.9 Å². The number of anilines is 2. The number of amides is 2. The van der Waals surface area contributed by atoms with E-state index in [1.54, 1.807) is 13.0 Å². The van der Waals surface area contributed by atoms with Gasteiger partial charge in [-0.25, -0.2) is 10.2 Å². The van der Waals surface area contributed by atoms with Gasteiger partial charge in [-0.1, -0.05) is 48.5 Å². The molecule has 8 heteroatoms. The number of hydrogen-bond acceptors (Lipinski definition) is 5. The molecular formula is C25H24N4O4. The number of carboxylic acid groups (broad SMARTS) is 1. The lowest BCUT2D eigenvalue weighted by Crippen LogP contribution is -2.39. The Morgan fingerprint density at radius 1 is 0.909 bits per heavy atom. The molecular weight excluding hydrogens is 420 g/mol. The van der Waals surface area contributed by atoms with E-state index in [1.807, 2.05) is 61.5 Å². The fourth-order valence-electron chi connectivity index (χ4n) is 3.07. The van der Waals surface area contributed by atoms with Crippen molar-refractivity contribution in [2.24, 2.45) is 5.10 Å². The van der Waals surface area contributed by atoms with Crippen LogP contribution in [0.5, 0.6) is 0 Å². The summed E-state index contributed by atoms with van der Waals surface area (Å²) in [6.07, 6.45) is 1.29. The van der Waals surface area contributed by atoms with E-state index in [2.05, 4.69) is 21.2 Å². The average Bonchev–Trinajstić information content (AvgIpc) is 2.81. The summed E-state index contributed by atoms with van der Waals surface area (Å²) >= 11 is 0. The van der Waals surface area contributed by atoms with Gasteiger partial charge in [0.05, 0.1) is 17.8 Å². The highest BCUT2D eigenvalue weighted by molar-refractivity contribution is 6.35. The standard InChI is InChI=1S/C25H24N4O4/c1-16-8-6-7-11-21(16)28-22-13-12-19(25(32)33)14-20(22)15-26-29-24(31)23(30)27-17(2)18-9-4-3-5-10-18/h3-15,17,28H,1-2H3,(H,27,30)(H,29,31)(H,32,33)/b26-15-/t17-/m1/s1. The number of hydrazone groups is 1. The Hall–Kier alpha value is -4.46. The fourth-order valence-corrected chi connectivity index (χ4v) is 3.07. The zero-order chi connectivity index (χ0) is 23.8. The second-order valence-corrected chi connectivity index (χ2v) is 7.35. The van der Waals surface area contributed by atoms with Crippen molar-refractivity contribution in [2.75, 3.05) is 5.32 Å². The summed E-state index contributed by atoms with van der Waals surface area (Å²) in [7, 11) is 0. The summed E-state index contributed by atoms with van der Waals surface area (Å²) in [4.78, 5) is 35.7. The maximum atomic E-state index is 12.2. The van der Waals surface area contributed by atoms with Gasteiger partial charge >= 0.3 is 17.8 Å². The van der Waals surface area contributed by atoms with Crippen molar-refractivity contribution in [2.45, 2.75) is 19.9 Å².